The predicted molar refractivity (Wildman–Crippen MR) is 77.7 cm³/mol. The van der Waals surface area contributed by atoms with Gasteiger partial charge in [0.2, 0.25) is 0 Å². The minimum Gasteiger partial charge on any atom is -0.854 e. The number of ether oxygens (including phenoxy) is 5. The zero-order valence-electron chi connectivity index (χ0n) is 15.5. The molecule has 0 saturated carbocycles. The Morgan fingerprint density at radius 3 is 1.12 bits per heavy atom. The number of unbranched alkanes of at least 4 members (excludes halogenated alkanes) is 2. The molecule has 0 heterocycles. The van der Waals surface area contributed by atoms with E-state index in [9.17, 15) is 10.2 Å². The Labute approximate surface area is 190 Å². The van der Waals surface area contributed by atoms with Crippen molar-refractivity contribution >= 4 is 0 Å². The molecule has 0 aromatic carbocycles. The van der Waals surface area contributed by atoms with Crippen LogP contribution >= 0.6 is 0 Å². The van der Waals surface area contributed by atoms with Gasteiger partial charge in [0.15, 0.2) is 0 Å². The maximum atomic E-state index is 10.2. The van der Waals surface area contributed by atoms with Gasteiger partial charge >= 0.3 is 59.1 Å². The van der Waals surface area contributed by atoms with Crippen LogP contribution < -0.4 is 69.3 Å². The van der Waals surface area contributed by atoms with E-state index in [1.165, 1.54) is 0 Å². The smallest absolute Gasteiger partial charge is 0.854 e. The molecule has 0 atom stereocenters. The molecular weight excluding hydrogens is 338 g/mol. The first-order chi connectivity index (χ1) is 10.9. The Hall–Kier alpha value is 1.72. The van der Waals surface area contributed by atoms with Gasteiger partial charge in [-0.15, -0.1) is 13.2 Å². The van der Waals surface area contributed by atoms with Crippen LogP contribution in [-0.4, -0.2) is 79.3 Å². The summed E-state index contributed by atoms with van der Waals surface area (Å²) in [7, 11) is 0. The quantitative estimate of drug-likeness (QED) is 0.165. The van der Waals surface area contributed by atoms with Crippen LogP contribution in [0.1, 0.15) is 19.3 Å². The van der Waals surface area contributed by atoms with E-state index >= 15 is 0 Å². The van der Waals surface area contributed by atoms with E-state index in [1.54, 1.807) is 0 Å². The molecule has 9 heteroatoms. The molecule has 0 bridgehead atoms. The molecule has 134 valence electrons. The zero-order valence-corrected chi connectivity index (χ0v) is 19.5. The molecule has 0 aromatic heterocycles. The van der Waals surface area contributed by atoms with Crippen LogP contribution in [0.15, 0.2) is 0 Å². The summed E-state index contributed by atoms with van der Waals surface area (Å²) in [6.45, 7) is 4.85. The third-order valence-corrected chi connectivity index (χ3v) is 2.65. The van der Waals surface area contributed by atoms with Crippen LogP contribution in [0.25, 0.3) is 0 Å². The van der Waals surface area contributed by atoms with Crippen molar-refractivity contribution in [3.63, 3.8) is 0 Å². The van der Waals surface area contributed by atoms with E-state index < -0.39 is 0 Å². The number of hydrogen-bond acceptors (Lipinski definition) is 7. The molecule has 7 nitrogen and oxygen atoms in total. The predicted octanol–water partition coefficient (Wildman–Crippen LogP) is -7.03. The van der Waals surface area contributed by atoms with Crippen molar-refractivity contribution in [3.8, 4) is 0 Å². The molecule has 0 spiro atoms. The average Bonchev–Trinajstić information content (AvgIpc) is 2.54. The minimum absolute atomic E-state index is 0. The van der Waals surface area contributed by atoms with Gasteiger partial charge in [0.25, 0.3) is 0 Å². The number of rotatable bonds is 19. The fraction of sp³-hybridized carbons (Fsp3) is 1.00. The molecule has 0 N–H and O–H groups in total. The molecule has 0 unspecified atom stereocenters. The monoisotopic (exact) mass is 368 g/mol. The van der Waals surface area contributed by atoms with Crippen LogP contribution in [0, 0.1) is 0 Å². The molecule has 0 aliphatic heterocycles. The Balaban J connectivity index is -0.00000220. The molecule has 0 radical (unpaired) electrons. The van der Waals surface area contributed by atoms with Crippen molar-refractivity contribution in [3.05, 3.63) is 0 Å². The summed E-state index contributed by atoms with van der Waals surface area (Å²) < 4.78 is 26.3. The molecule has 0 aliphatic rings. The van der Waals surface area contributed by atoms with Crippen molar-refractivity contribution in [2.45, 2.75) is 19.3 Å². The standard InChI is InChI=1S/C15H30O7.2Na/c16-4-2-1-3-6-18-8-10-20-12-14-22-15-13-21-11-9-19-7-5-17;;/h1-15H2;;/q-2;2*+1. The van der Waals surface area contributed by atoms with Gasteiger partial charge in [0.05, 0.1) is 52.9 Å². The summed E-state index contributed by atoms with van der Waals surface area (Å²) in [5.41, 5.74) is 0. The van der Waals surface area contributed by atoms with Gasteiger partial charge < -0.3 is 33.9 Å². The summed E-state index contributed by atoms with van der Waals surface area (Å²) >= 11 is 0. The van der Waals surface area contributed by atoms with Crippen LogP contribution in [0.3, 0.4) is 0 Å². The normalized spacial score (nSPS) is 10.2. The van der Waals surface area contributed by atoms with Crippen molar-refractivity contribution in [2.75, 3.05) is 79.3 Å². The second kappa shape index (κ2) is 29.5. The van der Waals surface area contributed by atoms with E-state index in [0.29, 0.717) is 59.5 Å². The van der Waals surface area contributed by atoms with Gasteiger partial charge in [-0.3, -0.25) is 0 Å². The summed E-state index contributed by atoms with van der Waals surface area (Å²) in [6, 6.07) is 0. The Morgan fingerprint density at radius 2 is 0.750 bits per heavy atom. The van der Waals surface area contributed by atoms with E-state index in [0.717, 1.165) is 19.3 Å². The molecule has 0 aliphatic carbocycles. The van der Waals surface area contributed by atoms with E-state index in [4.69, 9.17) is 23.7 Å². The van der Waals surface area contributed by atoms with Crippen LogP contribution in [0.5, 0.6) is 0 Å². The summed E-state index contributed by atoms with van der Waals surface area (Å²) in [5, 5.41) is 20.3. The van der Waals surface area contributed by atoms with Crippen LogP contribution in [0.2, 0.25) is 0 Å². The van der Waals surface area contributed by atoms with E-state index in [1.807, 2.05) is 0 Å². The third-order valence-electron chi connectivity index (χ3n) is 2.65. The fourth-order valence-electron chi connectivity index (χ4n) is 1.52. The van der Waals surface area contributed by atoms with Gasteiger partial charge in [-0.1, -0.05) is 12.8 Å². The summed E-state index contributed by atoms with van der Waals surface area (Å²) in [5.74, 6) is 0. The van der Waals surface area contributed by atoms with Gasteiger partial charge in [-0.2, -0.15) is 0 Å². The van der Waals surface area contributed by atoms with Crippen LogP contribution in [0.4, 0.5) is 0 Å². The van der Waals surface area contributed by atoms with Crippen molar-refractivity contribution in [1.82, 2.24) is 0 Å². The van der Waals surface area contributed by atoms with Gasteiger partial charge in [-0.05, 0) is 6.42 Å². The molecular formula is C15H30Na2O7. The number of hydrogen-bond donors (Lipinski definition) is 0. The molecule has 24 heavy (non-hydrogen) atoms. The van der Waals surface area contributed by atoms with Crippen molar-refractivity contribution in [2.24, 2.45) is 0 Å². The first-order valence-corrected chi connectivity index (χ1v) is 7.96. The second-order valence-corrected chi connectivity index (χ2v) is 4.53. The molecule has 0 fully saturated rings. The first kappa shape index (κ1) is 30.4. The molecule has 0 amide bonds. The van der Waals surface area contributed by atoms with Crippen molar-refractivity contribution < 1.29 is 93.0 Å². The molecule has 0 aromatic rings. The summed E-state index contributed by atoms with van der Waals surface area (Å²) in [4.78, 5) is 0. The fourth-order valence-corrected chi connectivity index (χ4v) is 1.52. The van der Waals surface area contributed by atoms with E-state index in [-0.39, 0.29) is 78.9 Å². The minimum atomic E-state index is -0.213. The first-order valence-electron chi connectivity index (χ1n) is 7.96. The van der Waals surface area contributed by atoms with E-state index in [2.05, 4.69) is 0 Å². The zero-order chi connectivity index (χ0) is 16.1. The molecule has 0 saturated heterocycles. The van der Waals surface area contributed by atoms with Gasteiger partial charge in [0.1, 0.15) is 0 Å². The Kier molecular flexibility index (Phi) is 37.4. The average molecular weight is 368 g/mol. The van der Waals surface area contributed by atoms with Gasteiger partial charge in [0, 0.05) is 13.2 Å². The maximum absolute atomic E-state index is 10.2. The van der Waals surface area contributed by atoms with Gasteiger partial charge in [-0.25, -0.2) is 0 Å². The largest absolute Gasteiger partial charge is 1.00 e. The second-order valence-electron chi connectivity index (χ2n) is 4.53. The topological polar surface area (TPSA) is 92.3 Å². The maximum Gasteiger partial charge on any atom is 1.00 e. The van der Waals surface area contributed by atoms with Crippen molar-refractivity contribution in [1.29, 1.82) is 0 Å². The Morgan fingerprint density at radius 1 is 0.375 bits per heavy atom. The van der Waals surface area contributed by atoms with Crippen LogP contribution in [-0.2, 0) is 23.7 Å². The summed E-state index contributed by atoms with van der Waals surface area (Å²) in [6.07, 6.45) is 2.60. The SMILES string of the molecule is [Na+].[Na+].[O-]CCCCCOCCOCCOCCOCCOCC[O-]. The molecule has 0 rings (SSSR count). The Bertz CT molecular complexity index is 183. The third kappa shape index (κ3) is 28.5.